The van der Waals surface area contributed by atoms with Gasteiger partial charge in [0, 0.05) is 17.1 Å². The van der Waals surface area contributed by atoms with Crippen molar-refractivity contribution in [1.82, 2.24) is 14.8 Å². The minimum absolute atomic E-state index is 0.206. The number of methoxy groups -OCH3 is 1. The smallest absolute Gasteiger partial charge is 0.255 e. The molecule has 0 spiro atoms. The molecule has 1 aromatic heterocycles. The van der Waals surface area contributed by atoms with E-state index in [1.54, 1.807) is 23.6 Å². The molecule has 1 atom stereocenters. The zero-order valence-electron chi connectivity index (χ0n) is 20.7. The van der Waals surface area contributed by atoms with Crippen molar-refractivity contribution >= 4 is 29.3 Å². The third-order valence-electron chi connectivity index (χ3n) is 5.59. The molecule has 184 valence electrons. The summed E-state index contributed by atoms with van der Waals surface area (Å²) in [5.74, 6) is 2.56. The maximum atomic E-state index is 13.7. The molecular formula is C26H31N5O3S. The number of benzene rings is 2. The average molecular weight is 494 g/mol. The zero-order chi connectivity index (χ0) is 24.9. The summed E-state index contributed by atoms with van der Waals surface area (Å²) >= 11 is 1.60. The van der Waals surface area contributed by atoms with E-state index in [1.807, 2.05) is 63.2 Å². The number of thioether (sulfide) groups is 1. The second-order valence-corrected chi connectivity index (χ2v) is 9.31. The van der Waals surface area contributed by atoms with Gasteiger partial charge in [0.15, 0.2) is 11.5 Å². The van der Waals surface area contributed by atoms with E-state index in [0.29, 0.717) is 34.8 Å². The van der Waals surface area contributed by atoms with Crippen LogP contribution in [0.3, 0.4) is 0 Å². The topological polar surface area (TPSA) is 90.3 Å². The van der Waals surface area contributed by atoms with Gasteiger partial charge in [-0.2, -0.15) is 4.98 Å². The van der Waals surface area contributed by atoms with Crippen molar-refractivity contribution in [3.63, 3.8) is 0 Å². The molecule has 9 heteroatoms. The number of hydrogen-bond donors (Lipinski definition) is 2. The maximum absolute atomic E-state index is 13.7. The Bertz CT molecular complexity index is 1250. The first kappa shape index (κ1) is 24.7. The van der Waals surface area contributed by atoms with Gasteiger partial charge in [0.2, 0.25) is 11.1 Å². The summed E-state index contributed by atoms with van der Waals surface area (Å²) < 4.78 is 13.1. The zero-order valence-corrected chi connectivity index (χ0v) is 21.5. The van der Waals surface area contributed by atoms with Crippen LogP contribution in [0, 0.1) is 6.92 Å². The summed E-state index contributed by atoms with van der Waals surface area (Å²) in [5, 5.41) is 11.8. The number of aryl methyl sites for hydroxylation is 1. The van der Waals surface area contributed by atoms with Crippen LogP contribution in [0.5, 0.6) is 11.5 Å². The molecule has 0 saturated carbocycles. The van der Waals surface area contributed by atoms with Gasteiger partial charge in [0.1, 0.15) is 6.04 Å². The number of fused-ring (bicyclic) bond motifs is 1. The summed E-state index contributed by atoms with van der Waals surface area (Å²) in [6, 6.07) is 13.0. The van der Waals surface area contributed by atoms with Crippen LogP contribution in [0.15, 0.2) is 58.9 Å². The number of aromatic nitrogens is 3. The normalized spacial score (nSPS) is 14.8. The first-order valence-electron chi connectivity index (χ1n) is 11.7. The third-order valence-corrected chi connectivity index (χ3v) is 6.64. The van der Waals surface area contributed by atoms with Crippen molar-refractivity contribution < 1.29 is 14.3 Å². The molecule has 35 heavy (non-hydrogen) atoms. The predicted octanol–water partition coefficient (Wildman–Crippen LogP) is 5.42. The van der Waals surface area contributed by atoms with Gasteiger partial charge >= 0.3 is 0 Å². The highest BCUT2D eigenvalue weighted by molar-refractivity contribution is 7.99. The Balaban J connectivity index is 1.79. The highest BCUT2D eigenvalue weighted by Crippen LogP contribution is 2.39. The largest absolute Gasteiger partial charge is 0.493 e. The van der Waals surface area contributed by atoms with Crippen LogP contribution in [0.2, 0.25) is 0 Å². The number of nitrogens with zero attached hydrogens (tertiary/aromatic N) is 3. The number of nitrogens with one attached hydrogen (secondary N) is 2. The minimum atomic E-state index is -0.496. The Morgan fingerprint density at radius 1 is 1.17 bits per heavy atom. The molecule has 1 aliphatic heterocycles. The number of ether oxygens (including phenoxy) is 2. The second-order valence-electron chi connectivity index (χ2n) is 8.24. The molecule has 3 aromatic rings. The van der Waals surface area contributed by atoms with E-state index in [9.17, 15) is 4.79 Å². The van der Waals surface area contributed by atoms with E-state index in [0.717, 1.165) is 34.7 Å². The Morgan fingerprint density at radius 3 is 2.71 bits per heavy atom. The van der Waals surface area contributed by atoms with Crippen LogP contribution >= 0.6 is 11.8 Å². The number of carbonyl (C=O) groups is 1. The van der Waals surface area contributed by atoms with E-state index < -0.39 is 6.04 Å². The van der Waals surface area contributed by atoms with Crippen molar-refractivity contribution in [3.05, 3.63) is 64.9 Å². The molecule has 1 unspecified atom stereocenters. The second kappa shape index (κ2) is 10.9. The van der Waals surface area contributed by atoms with Gasteiger partial charge in [-0.15, -0.1) is 5.10 Å². The summed E-state index contributed by atoms with van der Waals surface area (Å²) in [7, 11) is 1.61. The Hall–Kier alpha value is -3.46. The molecule has 1 aliphatic rings. The lowest BCUT2D eigenvalue weighted by Gasteiger charge is -2.29. The fourth-order valence-corrected chi connectivity index (χ4v) is 4.72. The van der Waals surface area contributed by atoms with Crippen LogP contribution < -0.4 is 20.1 Å². The quantitative estimate of drug-likeness (QED) is 0.385. The number of rotatable bonds is 9. The summed E-state index contributed by atoms with van der Waals surface area (Å²) in [6.07, 6.45) is 1.02. The Kier molecular flexibility index (Phi) is 7.65. The summed E-state index contributed by atoms with van der Waals surface area (Å²) in [6.45, 7) is 8.46. The molecule has 1 amide bonds. The molecule has 8 nitrogen and oxygen atoms in total. The van der Waals surface area contributed by atoms with Crippen LogP contribution in [0.4, 0.5) is 11.6 Å². The van der Waals surface area contributed by atoms with E-state index >= 15 is 0 Å². The van der Waals surface area contributed by atoms with E-state index in [1.165, 1.54) is 0 Å². The standard InChI is InChI=1S/C26H31N5O3S/c1-6-13-35-26-29-25-27-17(4)22(24(32)28-19-10-8-9-16(3)14-19)23(31(25)30-26)18-11-12-20(34-7-2)21(15-18)33-5/h8-12,14-15,23H,6-7,13H2,1-5H3,(H,28,32)(H,27,29,30). The van der Waals surface area contributed by atoms with Crippen molar-refractivity contribution in [1.29, 1.82) is 0 Å². The molecule has 2 N–H and O–H groups in total. The van der Waals surface area contributed by atoms with Crippen LogP contribution in [0.25, 0.3) is 0 Å². The SMILES string of the molecule is CCCSc1nc2n(n1)C(c1ccc(OCC)c(OC)c1)C(C(=O)Nc1cccc(C)c1)=C(C)N2. The highest BCUT2D eigenvalue weighted by Gasteiger charge is 2.35. The molecule has 0 aliphatic carbocycles. The molecule has 0 bridgehead atoms. The minimum Gasteiger partial charge on any atom is -0.493 e. The molecule has 2 heterocycles. The monoisotopic (exact) mass is 493 g/mol. The van der Waals surface area contributed by atoms with Crippen molar-refractivity contribution in [2.24, 2.45) is 0 Å². The van der Waals surface area contributed by atoms with Crippen molar-refractivity contribution in [3.8, 4) is 11.5 Å². The number of hydrogen-bond acceptors (Lipinski definition) is 7. The van der Waals surface area contributed by atoms with Crippen molar-refractivity contribution in [2.75, 3.05) is 30.1 Å². The number of amides is 1. The summed E-state index contributed by atoms with van der Waals surface area (Å²) in [5.41, 5.74) is 3.93. The first-order chi connectivity index (χ1) is 16.9. The van der Waals surface area contributed by atoms with Gasteiger partial charge < -0.3 is 20.1 Å². The fraction of sp³-hybridized carbons (Fsp3) is 0.346. The highest BCUT2D eigenvalue weighted by atomic mass is 32.2. The lowest BCUT2D eigenvalue weighted by molar-refractivity contribution is -0.113. The number of allylic oxidation sites excluding steroid dienone is 1. The fourth-order valence-electron chi connectivity index (χ4n) is 4.04. The maximum Gasteiger partial charge on any atom is 0.255 e. The molecule has 0 radical (unpaired) electrons. The van der Waals surface area contributed by atoms with Crippen molar-refractivity contribution in [2.45, 2.75) is 45.3 Å². The third kappa shape index (κ3) is 5.30. The van der Waals surface area contributed by atoms with Gasteiger partial charge in [-0.05, 0) is 62.6 Å². The average Bonchev–Trinajstić information content (AvgIpc) is 3.24. The summed E-state index contributed by atoms with van der Waals surface area (Å²) in [4.78, 5) is 18.3. The van der Waals surface area contributed by atoms with Gasteiger partial charge in [0.05, 0.1) is 19.3 Å². The Labute approximate surface area is 210 Å². The van der Waals surface area contributed by atoms with Gasteiger partial charge in [-0.25, -0.2) is 4.68 Å². The number of carbonyl (C=O) groups excluding carboxylic acids is 1. The molecule has 4 rings (SSSR count). The van der Waals surface area contributed by atoms with Gasteiger partial charge in [-0.3, -0.25) is 4.79 Å². The van der Waals surface area contributed by atoms with Gasteiger partial charge in [0.25, 0.3) is 5.91 Å². The molecule has 0 saturated heterocycles. The van der Waals surface area contributed by atoms with Crippen LogP contribution in [0.1, 0.15) is 44.4 Å². The van der Waals surface area contributed by atoms with Gasteiger partial charge in [-0.1, -0.05) is 36.9 Å². The molecule has 0 fully saturated rings. The van der Waals surface area contributed by atoms with E-state index in [-0.39, 0.29) is 5.91 Å². The molecule has 2 aromatic carbocycles. The Morgan fingerprint density at radius 2 is 2.00 bits per heavy atom. The lowest BCUT2D eigenvalue weighted by atomic mass is 9.94. The number of anilines is 2. The predicted molar refractivity (Wildman–Crippen MR) is 139 cm³/mol. The molecular weight excluding hydrogens is 462 g/mol. The van der Waals surface area contributed by atoms with Crippen LogP contribution in [-0.2, 0) is 4.79 Å². The van der Waals surface area contributed by atoms with E-state index in [2.05, 4.69) is 22.5 Å². The van der Waals surface area contributed by atoms with E-state index in [4.69, 9.17) is 14.6 Å². The lowest BCUT2D eigenvalue weighted by Crippen LogP contribution is -2.31. The van der Waals surface area contributed by atoms with Crippen LogP contribution in [-0.4, -0.2) is 40.1 Å². The first-order valence-corrected chi connectivity index (χ1v) is 12.7.